The van der Waals surface area contributed by atoms with Crippen LogP contribution in [0.25, 0.3) is 0 Å². The Bertz CT molecular complexity index is 654. The van der Waals surface area contributed by atoms with Crippen LogP contribution in [0.15, 0.2) is 16.9 Å². The van der Waals surface area contributed by atoms with E-state index in [-0.39, 0.29) is 11.5 Å². The molecule has 2 fully saturated rings. The highest BCUT2D eigenvalue weighted by atomic mass is 16.5. The van der Waals surface area contributed by atoms with E-state index in [9.17, 15) is 9.59 Å². The number of ether oxygens (including phenoxy) is 1. The zero-order valence-electron chi connectivity index (χ0n) is 15.2. The summed E-state index contributed by atoms with van der Waals surface area (Å²) < 4.78 is 6.84. The molecule has 1 amide bonds. The Labute approximate surface area is 148 Å². The van der Waals surface area contributed by atoms with Gasteiger partial charge < -0.3 is 9.64 Å². The van der Waals surface area contributed by atoms with E-state index in [1.54, 1.807) is 6.07 Å². The van der Waals surface area contributed by atoms with Crippen molar-refractivity contribution in [1.82, 2.24) is 19.6 Å². The smallest absolute Gasteiger partial charge is 0.274 e. The summed E-state index contributed by atoms with van der Waals surface area (Å²) in [5.41, 5.74) is 0.219. The third-order valence-electron chi connectivity index (χ3n) is 5.18. The molecule has 0 aliphatic carbocycles. The van der Waals surface area contributed by atoms with Gasteiger partial charge in [-0.3, -0.25) is 14.5 Å². The van der Waals surface area contributed by atoms with Crippen molar-refractivity contribution >= 4 is 5.91 Å². The van der Waals surface area contributed by atoms with Crippen LogP contribution in [-0.2, 0) is 11.3 Å². The van der Waals surface area contributed by atoms with E-state index in [2.05, 4.69) is 23.8 Å². The highest BCUT2D eigenvalue weighted by Crippen LogP contribution is 2.23. The van der Waals surface area contributed by atoms with Gasteiger partial charge in [-0.1, -0.05) is 20.3 Å². The van der Waals surface area contributed by atoms with E-state index in [1.807, 2.05) is 4.90 Å². The molecule has 3 rings (SSSR count). The van der Waals surface area contributed by atoms with Gasteiger partial charge in [-0.25, -0.2) is 4.68 Å². The summed E-state index contributed by atoms with van der Waals surface area (Å²) in [6, 6.07) is 3.38. The molecule has 0 N–H and O–H groups in total. The molecule has 2 aliphatic heterocycles. The minimum atomic E-state index is -0.147. The number of unbranched alkanes of at least 4 members (excludes halogenated alkanes) is 1. The summed E-state index contributed by atoms with van der Waals surface area (Å²) in [5, 5.41) is 4.30. The molecule has 0 saturated carbocycles. The lowest BCUT2D eigenvalue weighted by atomic mass is 10.0. The van der Waals surface area contributed by atoms with Crippen LogP contribution in [0.1, 0.15) is 37.2 Å². The number of aryl methyl sites for hydroxylation is 1. The third-order valence-corrected chi connectivity index (χ3v) is 5.18. The third kappa shape index (κ3) is 4.10. The van der Waals surface area contributed by atoms with Gasteiger partial charge in [-0.15, -0.1) is 0 Å². The van der Waals surface area contributed by atoms with Crippen LogP contribution in [-0.4, -0.2) is 70.9 Å². The molecule has 0 spiro atoms. The second-order valence-corrected chi connectivity index (χ2v) is 7.04. The number of hydrogen-bond acceptors (Lipinski definition) is 5. The number of morpholine rings is 1. The molecule has 1 aromatic rings. The van der Waals surface area contributed by atoms with Crippen LogP contribution in [0.5, 0.6) is 0 Å². The normalized spacial score (nSPS) is 24.6. The molecule has 2 aliphatic rings. The van der Waals surface area contributed by atoms with Crippen LogP contribution in [0.3, 0.4) is 0 Å². The van der Waals surface area contributed by atoms with E-state index in [1.165, 1.54) is 10.7 Å². The Kier molecular flexibility index (Phi) is 5.86. The van der Waals surface area contributed by atoms with Gasteiger partial charge in [0.2, 0.25) is 0 Å². The molecule has 3 heterocycles. The van der Waals surface area contributed by atoms with Gasteiger partial charge in [-0.2, -0.15) is 5.10 Å². The minimum absolute atomic E-state index is 0.0761. The number of rotatable bonds is 5. The van der Waals surface area contributed by atoms with Gasteiger partial charge in [0, 0.05) is 44.8 Å². The minimum Gasteiger partial charge on any atom is -0.379 e. The molecule has 0 radical (unpaired) electrons. The van der Waals surface area contributed by atoms with Crippen molar-refractivity contribution < 1.29 is 9.53 Å². The van der Waals surface area contributed by atoms with Gasteiger partial charge in [0.1, 0.15) is 5.69 Å². The fourth-order valence-corrected chi connectivity index (χ4v) is 3.69. The summed E-state index contributed by atoms with van der Waals surface area (Å²) in [4.78, 5) is 29.1. The monoisotopic (exact) mass is 348 g/mol. The lowest BCUT2D eigenvalue weighted by Gasteiger charge is -2.33. The summed E-state index contributed by atoms with van der Waals surface area (Å²) in [7, 11) is 0. The van der Waals surface area contributed by atoms with E-state index in [4.69, 9.17) is 4.74 Å². The number of likely N-dealkylation sites (tertiary alicyclic amines) is 1. The fourth-order valence-electron chi connectivity index (χ4n) is 3.69. The number of aromatic nitrogens is 2. The maximum Gasteiger partial charge on any atom is 0.274 e. The van der Waals surface area contributed by atoms with E-state index < -0.39 is 0 Å². The van der Waals surface area contributed by atoms with E-state index >= 15 is 0 Å². The predicted molar refractivity (Wildman–Crippen MR) is 94.7 cm³/mol. The average Bonchev–Trinajstić information content (AvgIpc) is 3.03. The molecule has 7 nitrogen and oxygen atoms in total. The fraction of sp³-hybridized carbons (Fsp3) is 0.722. The van der Waals surface area contributed by atoms with Crippen molar-refractivity contribution in [2.45, 2.75) is 39.3 Å². The number of carbonyl (C=O) groups is 1. The molecule has 2 saturated heterocycles. The van der Waals surface area contributed by atoms with Crippen LogP contribution in [0.4, 0.5) is 0 Å². The largest absolute Gasteiger partial charge is 0.379 e. The number of hydrogen-bond donors (Lipinski definition) is 0. The highest BCUT2D eigenvalue weighted by molar-refractivity contribution is 5.92. The molecule has 0 unspecified atom stereocenters. The second-order valence-electron chi connectivity index (χ2n) is 7.04. The zero-order valence-corrected chi connectivity index (χ0v) is 15.2. The molecule has 0 bridgehead atoms. The topological polar surface area (TPSA) is 67.7 Å². The first-order valence-electron chi connectivity index (χ1n) is 9.29. The number of amides is 1. The Balaban J connectivity index is 1.69. The first-order valence-corrected chi connectivity index (χ1v) is 9.29. The van der Waals surface area contributed by atoms with Crippen LogP contribution in [0.2, 0.25) is 0 Å². The van der Waals surface area contributed by atoms with Crippen molar-refractivity contribution in [2.24, 2.45) is 5.92 Å². The quantitative estimate of drug-likeness (QED) is 0.789. The van der Waals surface area contributed by atoms with Gasteiger partial charge >= 0.3 is 0 Å². The Morgan fingerprint density at radius 1 is 1.28 bits per heavy atom. The number of carbonyl (C=O) groups excluding carboxylic acids is 1. The van der Waals surface area contributed by atoms with Gasteiger partial charge in [0.25, 0.3) is 11.5 Å². The lowest BCUT2D eigenvalue weighted by Crippen LogP contribution is -2.47. The molecule has 0 aromatic carbocycles. The van der Waals surface area contributed by atoms with Crippen molar-refractivity contribution in [3.8, 4) is 0 Å². The molecule has 1 aromatic heterocycles. The molecule has 138 valence electrons. The molecule has 2 atom stereocenters. The lowest BCUT2D eigenvalue weighted by molar-refractivity contribution is 0.0119. The summed E-state index contributed by atoms with van der Waals surface area (Å²) in [6.45, 7) is 9.66. The van der Waals surface area contributed by atoms with Crippen LogP contribution < -0.4 is 5.56 Å². The maximum atomic E-state index is 12.9. The standard InChI is InChI=1S/C18H28N4O3/c1-3-4-7-22-17(23)6-5-15(19-22)18(24)21-12-14(2)16(13-21)20-8-10-25-11-9-20/h5-6,14,16H,3-4,7-13H2,1-2H3/t14-,16-/m0/s1. The van der Waals surface area contributed by atoms with Crippen molar-refractivity contribution in [3.63, 3.8) is 0 Å². The Morgan fingerprint density at radius 2 is 2.04 bits per heavy atom. The van der Waals surface area contributed by atoms with Gasteiger partial charge in [-0.05, 0) is 18.4 Å². The molecular formula is C18H28N4O3. The number of nitrogens with zero attached hydrogens (tertiary/aromatic N) is 4. The molecular weight excluding hydrogens is 320 g/mol. The Hall–Kier alpha value is -1.73. The first kappa shape index (κ1) is 18.1. The first-order chi connectivity index (χ1) is 12.1. The zero-order chi connectivity index (χ0) is 17.8. The SMILES string of the molecule is CCCCn1nc(C(=O)N2C[C@H](C)[C@@H](N3CCOCC3)C2)ccc1=O. The maximum absolute atomic E-state index is 12.9. The van der Waals surface area contributed by atoms with Gasteiger partial charge in [0.05, 0.1) is 13.2 Å². The second kappa shape index (κ2) is 8.10. The highest BCUT2D eigenvalue weighted by Gasteiger charge is 2.37. The van der Waals surface area contributed by atoms with Crippen molar-refractivity contribution in [3.05, 3.63) is 28.2 Å². The summed E-state index contributed by atoms with van der Waals surface area (Å²) in [6.07, 6.45) is 1.86. The predicted octanol–water partition coefficient (Wildman–Crippen LogP) is 0.836. The van der Waals surface area contributed by atoms with Crippen LogP contribution >= 0.6 is 0 Å². The van der Waals surface area contributed by atoms with Crippen molar-refractivity contribution in [2.75, 3.05) is 39.4 Å². The van der Waals surface area contributed by atoms with Crippen LogP contribution in [0, 0.1) is 5.92 Å². The van der Waals surface area contributed by atoms with E-state index in [0.717, 1.165) is 52.2 Å². The van der Waals surface area contributed by atoms with Gasteiger partial charge in [0.15, 0.2) is 0 Å². The molecule has 25 heavy (non-hydrogen) atoms. The summed E-state index contributed by atoms with van der Waals surface area (Å²) >= 11 is 0. The summed E-state index contributed by atoms with van der Waals surface area (Å²) in [5.74, 6) is 0.348. The Morgan fingerprint density at radius 3 is 2.76 bits per heavy atom. The van der Waals surface area contributed by atoms with E-state index in [0.29, 0.717) is 24.2 Å². The average molecular weight is 348 g/mol. The molecule has 7 heteroatoms. The van der Waals surface area contributed by atoms with Crippen molar-refractivity contribution in [1.29, 1.82) is 0 Å².